The molecule has 112 valence electrons. The minimum absolute atomic E-state index is 0.207. The minimum Gasteiger partial charge on any atom is -0.335 e. The third-order valence-electron chi connectivity index (χ3n) is 3.32. The Bertz CT molecular complexity index is 731. The number of halogens is 1. The molecule has 0 aliphatic rings. The van der Waals surface area contributed by atoms with E-state index in [-0.39, 0.29) is 5.91 Å². The Kier molecular flexibility index (Phi) is 5.57. The summed E-state index contributed by atoms with van der Waals surface area (Å²) >= 11 is 5.89. The Balaban J connectivity index is 1.94. The van der Waals surface area contributed by atoms with Gasteiger partial charge in [0, 0.05) is 42.0 Å². The highest BCUT2D eigenvalue weighted by atomic mass is 35.5. The van der Waals surface area contributed by atoms with E-state index in [1.165, 1.54) is 0 Å². The van der Waals surface area contributed by atoms with E-state index >= 15 is 0 Å². The highest BCUT2D eigenvalue weighted by molar-refractivity contribution is 6.30. The van der Waals surface area contributed by atoms with Gasteiger partial charge in [0.2, 0.25) is 0 Å². The summed E-state index contributed by atoms with van der Waals surface area (Å²) in [7, 11) is 1.75. The van der Waals surface area contributed by atoms with Crippen molar-refractivity contribution in [2.75, 3.05) is 13.6 Å². The Morgan fingerprint density at radius 1 is 1.32 bits per heavy atom. The summed E-state index contributed by atoms with van der Waals surface area (Å²) in [6, 6.07) is 11.1. The molecule has 1 heterocycles. The average Bonchev–Trinajstić information content (AvgIpc) is 2.51. The van der Waals surface area contributed by atoms with Gasteiger partial charge in [-0.05, 0) is 43.2 Å². The molecule has 0 aliphatic carbocycles. The third-order valence-corrected chi connectivity index (χ3v) is 3.55. The highest BCUT2D eigenvalue weighted by Gasteiger charge is 2.06. The maximum Gasteiger partial charge on any atom is 0.298 e. The molecule has 0 fully saturated rings. The number of nitrogens with zero attached hydrogens (tertiary/aromatic N) is 2. The predicted molar refractivity (Wildman–Crippen MR) is 88.6 cm³/mol. The molecule has 0 saturated heterocycles. The number of aromatic nitrogens is 1. The molecule has 4 heteroatoms. The van der Waals surface area contributed by atoms with Crippen LogP contribution in [0, 0.1) is 18.8 Å². The van der Waals surface area contributed by atoms with Gasteiger partial charge in [-0.1, -0.05) is 29.7 Å². The maximum atomic E-state index is 12.0. The van der Waals surface area contributed by atoms with Crippen LogP contribution in [0.4, 0.5) is 0 Å². The van der Waals surface area contributed by atoms with Crippen LogP contribution in [0.2, 0.25) is 5.02 Å². The molecule has 0 bridgehead atoms. The molecule has 2 rings (SSSR count). The van der Waals surface area contributed by atoms with Gasteiger partial charge in [0.15, 0.2) is 0 Å². The second kappa shape index (κ2) is 7.63. The van der Waals surface area contributed by atoms with Gasteiger partial charge in [-0.3, -0.25) is 9.78 Å². The van der Waals surface area contributed by atoms with Gasteiger partial charge in [-0.25, -0.2) is 0 Å². The molecule has 2 aromatic rings. The molecule has 0 unspecified atom stereocenters. The van der Waals surface area contributed by atoms with Crippen molar-refractivity contribution in [3.05, 3.63) is 64.4 Å². The van der Waals surface area contributed by atoms with Crippen molar-refractivity contribution in [2.45, 2.75) is 13.3 Å². The van der Waals surface area contributed by atoms with E-state index in [1.807, 2.05) is 31.2 Å². The van der Waals surface area contributed by atoms with Crippen molar-refractivity contribution in [2.24, 2.45) is 0 Å². The fourth-order valence-electron chi connectivity index (χ4n) is 1.96. The fraction of sp³-hybridized carbons (Fsp3) is 0.222. The summed E-state index contributed by atoms with van der Waals surface area (Å²) in [5.41, 5.74) is 2.87. The lowest BCUT2D eigenvalue weighted by Gasteiger charge is -2.14. The summed E-state index contributed by atoms with van der Waals surface area (Å²) in [6.07, 6.45) is 2.53. The smallest absolute Gasteiger partial charge is 0.298 e. The van der Waals surface area contributed by atoms with Crippen LogP contribution in [-0.2, 0) is 11.2 Å². The second-order valence-electron chi connectivity index (χ2n) is 4.98. The van der Waals surface area contributed by atoms with Crippen LogP contribution in [0.15, 0.2) is 42.6 Å². The van der Waals surface area contributed by atoms with Crippen molar-refractivity contribution >= 4 is 17.5 Å². The Morgan fingerprint density at radius 2 is 2.14 bits per heavy atom. The number of hydrogen-bond donors (Lipinski definition) is 0. The summed E-state index contributed by atoms with van der Waals surface area (Å²) < 4.78 is 0. The van der Waals surface area contributed by atoms with E-state index in [0.717, 1.165) is 23.2 Å². The largest absolute Gasteiger partial charge is 0.335 e. The monoisotopic (exact) mass is 312 g/mol. The van der Waals surface area contributed by atoms with Gasteiger partial charge in [0.25, 0.3) is 5.91 Å². The van der Waals surface area contributed by atoms with E-state index in [9.17, 15) is 4.79 Å². The zero-order valence-electron chi connectivity index (χ0n) is 12.6. The van der Waals surface area contributed by atoms with Gasteiger partial charge in [-0.15, -0.1) is 0 Å². The van der Waals surface area contributed by atoms with Gasteiger partial charge >= 0.3 is 0 Å². The molecule has 0 aliphatic heterocycles. The first-order valence-corrected chi connectivity index (χ1v) is 7.37. The third kappa shape index (κ3) is 4.61. The standard InChI is InChI=1S/C18H17ClN2O/c1-14-16(6-4-11-20-14)10-12-21(2)18(22)9-8-15-5-3-7-17(19)13-15/h3-7,11,13H,10,12H2,1-2H3. The topological polar surface area (TPSA) is 33.2 Å². The van der Waals surface area contributed by atoms with Crippen LogP contribution < -0.4 is 0 Å². The van der Waals surface area contributed by atoms with Crippen LogP contribution in [0.25, 0.3) is 0 Å². The van der Waals surface area contributed by atoms with Crippen LogP contribution in [0.1, 0.15) is 16.8 Å². The molecule has 22 heavy (non-hydrogen) atoms. The lowest BCUT2D eigenvalue weighted by molar-refractivity contribution is -0.123. The maximum absolute atomic E-state index is 12.0. The predicted octanol–water partition coefficient (Wildman–Crippen LogP) is 3.10. The highest BCUT2D eigenvalue weighted by Crippen LogP contribution is 2.09. The first-order valence-electron chi connectivity index (χ1n) is 6.99. The van der Waals surface area contributed by atoms with E-state index in [2.05, 4.69) is 16.8 Å². The quantitative estimate of drug-likeness (QED) is 0.816. The molecule has 1 amide bonds. The molecule has 0 spiro atoms. The normalized spacial score (nSPS) is 9.77. The molecular weight excluding hydrogens is 296 g/mol. The van der Waals surface area contributed by atoms with Crippen LogP contribution in [-0.4, -0.2) is 29.4 Å². The molecule has 1 aromatic heterocycles. The Morgan fingerprint density at radius 3 is 2.86 bits per heavy atom. The van der Waals surface area contributed by atoms with Crippen molar-refractivity contribution in [1.82, 2.24) is 9.88 Å². The van der Waals surface area contributed by atoms with Gasteiger partial charge in [-0.2, -0.15) is 0 Å². The van der Waals surface area contributed by atoms with Crippen LogP contribution >= 0.6 is 11.6 Å². The minimum atomic E-state index is -0.207. The number of rotatable bonds is 3. The number of benzene rings is 1. The van der Waals surface area contributed by atoms with Gasteiger partial charge in [0.05, 0.1) is 0 Å². The van der Waals surface area contributed by atoms with Crippen molar-refractivity contribution in [3.8, 4) is 11.8 Å². The van der Waals surface area contributed by atoms with E-state index in [4.69, 9.17) is 11.6 Å². The number of amides is 1. The second-order valence-corrected chi connectivity index (χ2v) is 5.42. The molecule has 1 aromatic carbocycles. The lowest BCUT2D eigenvalue weighted by Crippen LogP contribution is -2.27. The first kappa shape index (κ1) is 16.1. The lowest BCUT2D eigenvalue weighted by atomic mass is 10.1. The number of carbonyl (C=O) groups excluding carboxylic acids is 1. The summed E-state index contributed by atoms with van der Waals surface area (Å²) in [4.78, 5) is 17.9. The van der Waals surface area contributed by atoms with E-state index < -0.39 is 0 Å². The van der Waals surface area contributed by atoms with E-state index in [0.29, 0.717) is 11.6 Å². The van der Waals surface area contributed by atoms with Crippen LogP contribution in [0.5, 0.6) is 0 Å². The molecule has 0 radical (unpaired) electrons. The summed E-state index contributed by atoms with van der Waals surface area (Å²) in [5.74, 6) is 5.27. The fourth-order valence-corrected chi connectivity index (χ4v) is 2.15. The zero-order chi connectivity index (χ0) is 15.9. The Labute approximate surface area is 135 Å². The zero-order valence-corrected chi connectivity index (χ0v) is 13.4. The Hall–Kier alpha value is -2.31. The summed E-state index contributed by atoms with van der Waals surface area (Å²) in [5, 5.41) is 0.611. The molecule has 0 saturated carbocycles. The number of pyridine rings is 1. The van der Waals surface area contributed by atoms with Crippen molar-refractivity contribution in [3.63, 3.8) is 0 Å². The molecular formula is C18H17ClN2O. The number of likely N-dealkylation sites (N-methyl/N-ethyl adjacent to an activating group) is 1. The summed E-state index contributed by atoms with van der Waals surface area (Å²) in [6.45, 7) is 2.58. The molecule has 3 nitrogen and oxygen atoms in total. The van der Waals surface area contributed by atoms with E-state index in [1.54, 1.807) is 30.3 Å². The number of aryl methyl sites for hydroxylation is 1. The first-order chi connectivity index (χ1) is 10.6. The number of carbonyl (C=O) groups is 1. The van der Waals surface area contributed by atoms with Gasteiger partial charge in [0.1, 0.15) is 0 Å². The molecule has 0 atom stereocenters. The average molecular weight is 313 g/mol. The van der Waals surface area contributed by atoms with Gasteiger partial charge < -0.3 is 4.90 Å². The van der Waals surface area contributed by atoms with Crippen molar-refractivity contribution < 1.29 is 4.79 Å². The SMILES string of the molecule is Cc1ncccc1CCN(C)C(=O)C#Cc1cccc(Cl)c1. The number of hydrogen-bond acceptors (Lipinski definition) is 2. The molecule has 0 N–H and O–H groups in total. The van der Waals surface area contributed by atoms with Crippen molar-refractivity contribution in [1.29, 1.82) is 0 Å². The van der Waals surface area contributed by atoms with Crippen LogP contribution in [0.3, 0.4) is 0 Å².